The number of carboxylic acids is 2. The molecule has 0 saturated heterocycles. The average molecular weight is 509 g/mol. The summed E-state index contributed by atoms with van der Waals surface area (Å²) < 4.78 is 5.22. The van der Waals surface area contributed by atoms with Gasteiger partial charge >= 0.3 is 17.9 Å². The average Bonchev–Trinajstić information content (AvgIpc) is 2.91. The SMILES string of the molecule is NCN[C@@H](C(=O)O)c1ccc(C(=O)OCc2ccccc2)cc1.NCc1ccc(C[C@@H](N)C(=O)O)cc1. The van der Waals surface area contributed by atoms with Crippen molar-refractivity contribution in [3.05, 3.63) is 107 Å². The highest BCUT2D eigenvalue weighted by atomic mass is 16.5. The summed E-state index contributed by atoms with van der Waals surface area (Å²) in [5, 5.41) is 20.4. The lowest BCUT2D eigenvalue weighted by atomic mass is 10.0. The van der Waals surface area contributed by atoms with Crippen molar-refractivity contribution in [3.63, 3.8) is 0 Å². The van der Waals surface area contributed by atoms with Crippen LogP contribution in [0, 0.1) is 0 Å². The molecule has 10 nitrogen and oxygen atoms in total. The third-order valence-electron chi connectivity index (χ3n) is 5.29. The van der Waals surface area contributed by atoms with E-state index in [1.54, 1.807) is 12.1 Å². The van der Waals surface area contributed by atoms with E-state index < -0.39 is 30.0 Å². The van der Waals surface area contributed by atoms with Crippen LogP contribution in [0.1, 0.15) is 38.7 Å². The lowest BCUT2D eigenvalue weighted by Crippen LogP contribution is -2.32. The van der Waals surface area contributed by atoms with Gasteiger partial charge in [-0.05, 0) is 40.8 Å². The van der Waals surface area contributed by atoms with Gasteiger partial charge in [-0.25, -0.2) is 4.79 Å². The minimum atomic E-state index is -1.03. The Bertz CT molecular complexity index is 1140. The summed E-state index contributed by atoms with van der Waals surface area (Å²) in [6, 6.07) is 21.3. The van der Waals surface area contributed by atoms with Crippen LogP contribution in [0.5, 0.6) is 0 Å². The first-order valence-corrected chi connectivity index (χ1v) is 11.5. The first-order chi connectivity index (χ1) is 17.7. The molecule has 0 aliphatic rings. The maximum Gasteiger partial charge on any atom is 0.338 e. The van der Waals surface area contributed by atoms with E-state index in [2.05, 4.69) is 5.32 Å². The van der Waals surface area contributed by atoms with Crippen molar-refractivity contribution >= 4 is 17.9 Å². The van der Waals surface area contributed by atoms with Crippen LogP contribution in [0.3, 0.4) is 0 Å². The molecular formula is C27H32N4O6. The quantitative estimate of drug-likeness (QED) is 0.164. The van der Waals surface area contributed by atoms with Crippen molar-refractivity contribution in [1.82, 2.24) is 5.32 Å². The number of esters is 1. The standard InChI is InChI=1S/C17H18N2O4.C10H14N2O2/c18-11-19-15(16(20)21)13-6-8-14(9-7-13)17(22)23-10-12-4-2-1-3-5-12;11-6-8-3-1-7(2-4-8)5-9(12)10(13)14/h1-9,15,19H,10-11,18H2,(H,20,21);1-4,9H,5-6,11-12H2,(H,13,14)/t15-;9-/m11/s1. The lowest BCUT2D eigenvalue weighted by Gasteiger charge is -2.13. The zero-order valence-corrected chi connectivity index (χ0v) is 20.2. The van der Waals surface area contributed by atoms with Crippen LogP contribution in [-0.2, 0) is 33.9 Å². The summed E-state index contributed by atoms with van der Waals surface area (Å²) in [6.45, 7) is 0.719. The predicted octanol–water partition coefficient (Wildman–Crippen LogP) is 1.77. The Labute approximate surface area is 215 Å². The second-order valence-corrected chi connectivity index (χ2v) is 8.03. The second kappa shape index (κ2) is 15.1. The van der Waals surface area contributed by atoms with Crippen molar-refractivity contribution in [2.24, 2.45) is 17.2 Å². The number of ether oxygens (including phenoxy) is 1. The Kier molecular flexibility index (Phi) is 11.9. The summed E-state index contributed by atoms with van der Waals surface area (Å²) in [5.41, 5.74) is 19.9. The molecule has 3 aromatic carbocycles. The summed E-state index contributed by atoms with van der Waals surface area (Å²) in [4.78, 5) is 33.6. The van der Waals surface area contributed by atoms with E-state index in [1.165, 1.54) is 12.1 Å². The zero-order chi connectivity index (χ0) is 27.2. The molecule has 9 N–H and O–H groups in total. The number of carbonyl (C=O) groups excluding carboxylic acids is 1. The largest absolute Gasteiger partial charge is 0.480 e. The summed E-state index contributed by atoms with van der Waals surface area (Å²) >= 11 is 0. The predicted molar refractivity (Wildman–Crippen MR) is 138 cm³/mol. The molecule has 0 aromatic heterocycles. The highest BCUT2D eigenvalue weighted by molar-refractivity contribution is 5.89. The van der Waals surface area contributed by atoms with Gasteiger partial charge in [0, 0.05) is 13.2 Å². The van der Waals surface area contributed by atoms with Gasteiger partial charge in [-0.3, -0.25) is 14.9 Å². The maximum absolute atomic E-state index is 12.0. The minimum absolute atomic E-state index is 0.0395. The van der Waals surface area contributed by atoms with Gasteiger partial charge in [-0.2, -0.15) is 0 Å². The van der Waals surface area contributed by atoms with Crippen molar-refractivity contribution in [2.45, 2.75) is 31.7 Å². The minimum Gasteiger partial charge on any atom is -0.480 e. The molecule has 196 valence electrons. The van der Waals surface area contributed by atoms with Gasteiger partial charge in [-0.15, -0.1) is 0 Å². The van der Waals surface area contributed by atoms with Gasteiger partial charge in [0.15, 0.2) is 0 Å². The highest BCUT2D eigenvalue weighted by Gasteiger charge is 2.19. The van der Waals surface area contributed by atoms with Crippen LogP contribution in [0.25, 0.3) is 0 Å². The third-order valence-corrected chi connectivity index (χ3v) is 5.29. The van der Waals surface area contributed by atoms with Crippen LogP contribution in [0.15, 0.2) is 78.9 Å². The molecule has 0 heterocycles. The molecule has 3 aromatic rings. The number of hydrogen-bond acceptors (Lipinski definition) is 8. The third kappa shape index (κ3) is 9.82. The molecule has 37 heavy (non-hydrogen) atoms. The molecule has 0 fully saturated rings. The summed E-state index contributed by atoms with van der Waals surface area (Å²) in [7, 11) is 0. The fraction of sp³-hybridized carbons (Fsp3) is 0.222. The molecule has 3 rings (SSSR count). The van der Waals surface area contributed by atoms with Gasteiger partial charge in [0.05, 0.1) is 5.56 Å². The van der Waals surface area contributed by atoms with Crippen LogP contribution in [0.2, 0.25) is 0 Å². The normalized spacial score (nSPS) is 12.0. The van der Waals surface area contributed by atoms with Crippen molar-refractivity contribution < 1.29 is 29.3 Å². The molecule has 0 aliphatic carbocycles. The van der Waals surface area contributed by atoms with Gasteiger partial charge in [-0.1, -0.05) is 66.7 Å². The van der Waals surface area contributed by atoms with Crippen LogP contribution in [0.4, 0.5) is 0 Å². The number of nitrogens with two attached hydrogens (primary N) is 3. The van der Waals surface area contributed by atoms with E-state index in [9.17, 15) is 14.4 Å². The molecule has 2 atom stereocenters. The fourth-order valence-corrected chi connectivity index (χ4v) is 3.24. The van der Waals surface area contributed by atoms with Crippen LogP contribution < -0.4 is 22.5 Å². The molecule has 0 saturated carbocycles. The molecule has 0 aliphatic heterocycles. The Hall–Kier alpha value is -4.09. The monoisotopic (exact) mass is 508 g/mol. The maximum atomic E-state index is 12.0. The number of carbonyl (C=O) groups is 3. The van der Waals surface area contributed by atoms with Crippen LogP contribution in [-0.4, -0.2) is 40.8 Å². The van der Waals surface area contributed by atoms with E-state index >= 15 is 0 Å². The molecule has 0 unspecified atom stereocenters. The Morgan fingerprint density at radius 3 is 1.89 bits per heavy atom. The number of nitrogens with one attached hydrogen (secondary N) is 1. The smallest absolute Gasteiger partial charge is 0.338 e. The van der Waals surface area contributed by atoms with Gasteiger partial charge in [0.1, 0.15) is 18.7 Å². The highest BCUT2D eigenvalue weighted by Crippen LogP contribution is 2.15. The number of hydrogen-bond donors (Lipinski definition) is 6. The second-order valence-electron chi connectivity index (χ2n) is 8.03. The van der Waals surface area contributed by atoms with Crippen molar-refractivity contribution in [2.75, 3.05) is 6.67 Å². The first kappa shape index (κ1) is 29.1. The van der Waals surface area contributed by atoms with E-state index in [-0.39, 0.29) is 13.3 Å². The molecule has 10 heteroatoms. The topological polar surface area (TPSA) is 191 Å². The van der Waals surface area contributed by atoms with E-state index in [1.807, 2.05) is 54.6 Å². The molecular weight excluding hydrogens is 476 g/mol. The van der Waals surface area contributed by atoms with E-state index in [0.29, 0.717) is 24.1 Å². The molecule has 0 radical (unpaired) electrons. The zero-order valence-electron chi connectivity index (χ0n) is 20.2. The van der Waals surface area contributed by atoms with E-state index in [0.717, 1.165) is 16.7 Å². The van der Waals surface area contributed by atoms with E-state index in [4.69, 9.17) is 32.2 Å². The first-order valence-electron chi connectivity index (χ1n) is 11.5. The van der Waals surface area contributed by atoms with Crippen molar-refractivity contribution in [3.8, 4) is 0 Å². The van der Waals surface area contributed by atoms with Gasteiger partial charge < -0.3 is 32.2 Å². The number of benzene rings is 3. The lowest BCUT2D eigenvalue weighted by molar-refractivity contribution is -0.140. The number of carboxylic acid groups (broad SMARTS) is 2. The number of rotatable bonds is 11. The Morgan fingerprint density at radius 2 is 1.38 bits per heavy atom. The van der Waals surface area contributed by atoms with Gasteiger partial charge in [0.2, 0.25) is 0 Å². The van der Waals surface area contributed by atoms with Gasteiger partial charge in [0.25, 0.3) is 0 Å². The molecule has 0 bridgehead atoms. The Balaban J connectivity index is 0.000000294. The van der Waals surface area contributed by atoms with Crippen molar-refractivity contribution in [1.29, 1.82) is 0 Å². The fourth-order valence-electron chi connectivity index (χ4n) is 3.24. The number of aliphatic carboxylic acids is 2. The Morgan fingerprint density at radius 1 is 0.784 bits per heavy atom. The van der Waals surface area contributed by atoms with Crippen LogP contribution >= 0.6 is 0 Å². The summed E-state index contributed by atoms with van der Waals surface area (Å²) in [5.74, 6) is -2.47. The molecule has 0 amide bonds. The summed E-state index contributed by atoms with van der Waals surface area (Å²) in [6.07, 6.45) is 0.347. The molecule has 0 spiro atoms.